The molecule has 1 aliphatic carbocycles. The van der Waals surface area contributed by atoms with Gasteiger partial charge in [0.2, 0.25) is 0 Å². The van der Waals surface area contributed by atoms with Crippen molar-refractivity contribution in [2.45, 2.75) is 77.7 Å². The lowest BCUT2D eigenvalue weighted by molar-refractivity contribution is -0.144. The lowest BCUT2D eigenvalue weighted by atomic mass is 9.84. The number of allylic oxidation sites excluding steroid dienone is 1. The molecule has 0 amide bonds. The standard InChI is InChI=1S/C36H40N4O5/c1-9-20-16(3)23-13-25-18(5)22(11-12-29(41)44-7)33(39-25)31-32(36(43)45-8)35(42)30-19(6)26(40-34(30)31)15-28-21(10-2)17(4)24(38-28)14-27(20)37-23/h9,13-15,18,22,32,35,37-38,42H,1,10-12H2,2-8H3. The number of H-pyrrole nitrogens is 2. The van der Waals surface area contributed by atoms with E-state index in [4.69, 9.17) is 19.4 Å². The summed E-state index contributed by atoms with van der Waals surface area (Å²) in [6.45, 7) is 14.4. The van der Waals surface area contributed by atoms with Crippen molar-refractivity contribution < 1.29 is 24.2 Å². The fraction of sp³-hybridized carbons (Fsp3) is 0.389. The summed E-state index contributed by atoms with van der Waals surface area (Å²) in [5, 5.41) is 11.7. The SMILES string of the molecule is C=Cc1c(C)c2cc3nc(c4c5nc(cc6[nH]c(cc1[nH]2)c(C)c6CC)C(C)=C5C(O)C4C(=O)OC)C(CCC(=O)OC)C3C. The van der Waals surface area contributed by atoms with Crippen LogP contribution in [0.3, 0.4) is 0 Å². The van der Waals surface area contributed by atoms with Crippen LogP contribution >= 0.6 is 0 Å². The van der Waals surface area contributed by atoms with E-state index < -0.39 is 18.0 Å². The predicted octanol–water partition coefficient (Wildman–Crippen LogP) is 6.54. The third kappa shape index (κ3) is 4.72. The molecule has 45 heavy (non-hydrogen) atoms. The van der Waals surface area contributed by atoms with Crippen molar-refractivity contribution in [1.29, 1.82) is 0 Å². The first-order chi connectivity index (χ1) is 21.5. The number of carbonyl (C=O) groups excluding carboxylic acids is 2. The van der Waals surface area contributed by atoms with Crippen LogP contribution in [0.1, 0.15) is 102 Å². The molecule has 3 aliphatic rings. The predicted molar refractivity (Wildman–Crippen MR) is 176 cm³/mol. The maximum atomic E-state index is 13.3. The van der Waals surface area contributed by atoms with Gasteiger partial charge in [0.05, 0.1) is 37.4 Å². The Labute approximate surface area is 262 Å². The largest absolute Gasteiger partial charge is 0.469 e. The maximum Gasteiger partial charge on any atom is 0.316 e. The van der Waals surface area contributed by atoms with Gasteiger partial charge in [-0.1, -0.05) is 26.5 Å². The highest BCUT2D eigenvalue weighted by molar-refractivity contribution is 6.02. The molecule has 0 saturated carbocycles. The number of aliphatic hydroxyl groups excluding tert-OH is 1. The second-order valence-electron chi connectivity index (χ2n) is 12.2. The zero-order valence-corrected chi connectivity index (χ0v) is 26.9. The van der Waals surface area contributed by atoms with E-state index in [1.165, 1.54) is 19.8 Å². The van der Waals surface area contributed by atoms with Crippen LogP contribution < -0.4 is 0 Å². The van der Waals surface area contributed by atoms with Crippen LogP contribution in [0.5, 0.6) is 0 Å². The lowest BCUT2D eigenvalue weighted by Gasteiger charge is -2.20. The molecule has 234 valence electrons. The molecule has 6 rings (SSSR count). The summed E-state index contributed by atoms with van der Waals surface area (Å²) in [6, 6.07) is 6.19. The zero-order valence-electron chi connectivity index (χ0n) is 26.9. The monoisotopic (exact) mass is 608 g/mol. The van der Waals surface area contributed by atoms with E-state index in [2.05, 4.69) is 50.3 Å². The van der Waals surface area contributed by atoms with E-state index in [-0.39, 0.29) is 24.2 Å². The van der Waals surface area contributed by atoms with Crippen LogP contribution in [0.25, 0.3) is 39.3 Å². The Morgan fingerprint density at radius 1 is 1.00 bits per heavy atom. The normalized spacial score (nSPS) is 20.4. The van der Waals surface area contributed by atoms with Crippen molar-refractivity contribution in [3.05, 3.63) is 75.4 Å². The van der Waals surface area contributed by atoms with Crippen LogP contribution in [0.2, 0.25) is 0 Å². The number of aryl methyl sites for hydroxylation is 3. The number of aliphatic hydroxyl groups is 1. The number of esters is 2. The van der Waals surface area contributed by atoms with Gasteiger partial charge >= 0.3 is 11.9 Å². The third-order valence-corrected chi connectivity index (χ3v) is 9.98. The second-order valence-corrected chi connectivity index (χ2v) is 12.2. The van der Waals surface area contributed by atoms with E-state index in [1.54, 1.807) is 0 Å². The van der Waals surface area contributed by atoms with E-state index in [9.17, 15) is 14.7 Å². The van der Waals surface area contributed by atoms with Crippen molar-refractivity contribution in [3.63, 3.8) is 0 Å². The van der Waals surface area contributed by atoms with Crippen LogP contribution in [0.4, 0.5) is 0 Å². The minimum atomic E-state index is -1.15. The molecule has 9 nitrogen and oxygen atoms in total. The molecule has 0 saturated heterocycles. The van der Waals surface area contributed by atoms with E-state index in [0.29, 0.717) is 34.6 Å². The van der Waals surface area contributed by atoms with Gasteiger partial charge in [0, 0.05) is 62.7 Å². The number of nitrogens with one attached hydrogen (secondary N) is 2. The fourth-order valence-corrected chi connectivity index (χ4v) is 7.37. The number of carbonyl (C=O) groups is 2. The smallest absolute Gasteiger partial charge is 0.316 e. The number of rotatable bonds is 6. The Balaban J connectivity index is 1.80. The second kappa shape index (κ2) is 11.5. The molecule has 3 aromatic rings. The lowest BCUT2D eigenvalue weighted by Crippen LogP contribution is -2.24. The van der Waals surface area contributed by atoms with Gasteiger partial charge in [0.25, 0.3) is 0 Å². The van der Waals surface area contributed by atoms with Gasteiger partial charge in [-0.15, -0.1) is 0 Å². The molecule has 8 bridgehead atoms. The summed E-state index contributed by atoms with van der Waals surface area (Å²) in [7, 11) is 2.70. The molecule has 3 N–H and O–H groups in total. The number of hydrogen-bond donors (Lipinski definition) is 3. The van der Waals surface area contributed by atoms with Crippen molar-refractivity contribution in [2.75, 3.05) is 14.2 Å². The first-order valence-electron chi connectivity index (χ1n) is 15.5. The van der Waals surface area contributed by atoms with Crippen molar-refractivity contribution in [3.8, 4) is 0 Å². The Morgan fingerprint density at radius 3 is 2.38 bits per heavy atom. The molecular weight excluding hydrogens is 568 g/mol. The first-order valence-corrected chi connectivity index (χ1v) is 15.5. The minimum absolute atomic E-state index is 0.100. The third-order valence-electron chi connectivity index (χ3n) is 9.98. The van der Waals surface area contributed by atoms with Gasteiger partial charge in [0.1, 0.15) is 5.92 Å². The van der Waals surface area contributed by atoms with Gasteiger partial charge in [0.15, 0.2) is 0 Å². The molecule has 9 heteroatoms. The highest BCUT2D eigenvalue weighted by Crippen LogP contribution is 2.52. The number of ether oxygens (including phenoxy) is 2. The average Bonchev–Trinajstić information content (AvgIpc) is 3.76. The number of methoxy groups -OCH3 is 2. The molecule has 0 spiro atoms. The molecule has 2 aliphatic heterocycles. The summed E-state index contributed by atoms with van der Waals surface area (Å²) >= 11 is 0. The molecule has 0 fully saturated rings. The highest BCUT2D eigenvalue weighted by Gasteiger charge is 2.48. The fourth-order valence-electron chi connectivity index (χ4n) is 7.37. The quantitative estimate of drug-likeness (QED) is 0.271. The van der Waals surface area contributed by atoms with Gasteiger partial charge in [-0.2, -0.15) is 0 Å². The highest BCUT2D eigenvalue weighted by atomic mass is 16.5. The number of aromatic amines is 2. The molecule has 0 radical (unpaired) electrons. The Morgan fingerprint density at radius 2 is 1.71 bits per heavy atom. The Kier molecular flexibility index (Phi) is 7.77. The van der Waals surface area contributed by atoms with Gasteiger partial charge < -0.3 is 24.5 Å². The van der Waals surface area contributed by atoms with Crippen LogP contribution in [-0.4, -0.2) is 57.3 Å². The molecule has 0 aromatic carbocycles. The van der Waals surface area contributed by atoms with Crippen molar-refractivity contribution >= 4 is 51.2 Å². The maximum absolute atomic E-state index is 13.3. The van der Waals surface area contributed by atoms with Gasteiger partial charge in [-0.25, -0.2) is 4.98 Å². The molecular formula is C36H40N4O5. The number of nitrogens with zero attached hydrogens (tertiary/aromatic N) is 2. The van der Waals surface area contributed by atoms with Crippen LogP contribution in [0, 0.1) is 13.8 Å². The van der Waals surface area contributed by atoms with E-state index >= 15 is 0 Å². The topological polar surface area (TPSA) is 130 Å². The Bertz CT molecular complexity index is 1960. The molecule has 4 atom stereocenters. The Hall–Kier alpha value is -4.50. The first kappa shape index (κ1) is 30.5. The summed E-state index contributed by atoms with van der Waals surface area (Å²) in [6.07, 6.45) is 2.17. The summed E-state index contributed by atoms with van der Waals surface area (Å²) < 4.78 is 10.2. The zero-order chi connectivity index (χ0) is 32.3. The summed E-state index contributed by atoms with van der Waals surface area (Å²) in [4.78, 5) is 43.1. The molecule has 5 heterocycles. The number of fused-ring (bicyclic) bond motifs is 8. The summed E-state index contributed by atoms with van der Waals surface area (Å²) in [5.41, 5.74) is 12.8. The van der Waals surface area contributed by atoms with Crippen molar-refractivity contribution in [2.24, 2.45) is 0 Å². The van der Waals surface area contributed by atoms with Gasteiger partial charge in [-0.3, -0.25) is 14.6 Å². The van der Waals surface area contributed by atoms with Crippen molar-refractivity contribution in [1.82, 2.24) is 19.9 Å². The number of aromatic nitrogens is 4. The summed E-state index contributed by atoms with van der Waals surface area (Å²) in [5.74, 6) is -2.19. The van der Waals surface area contributed by atoms with Crippen LogP contribution in [0.15, 0.2) is 24.8 Å². The minimum Gasteiger partial charge on any atom is -0.469 e. The molecule has 4 unspecified atom stereocenters. The number of hydrogen-bond acceptors (Lipinski definition) is 7. The molecule has 3 aromatic heterocycles. The van der Waals surface area contributed by atoms with E-state index in [1.807, 2.05) is 25.1 Å². The van der Waals surface area contributed by atoms with Crippen LogP contribution in [-0.2, 0) is 25.5 Å². The van der Waals surface area contributed by atoms with Gasteiger partial charge in [-0.05, 0) is 74.1 Å². The van der Waals surface area contributed by atoms with E-state index in [0.717, 1.165) is 56.4 Å². The average molecular weight is 609 g/mol.